The van der Waals surface area contributed by atoms with E-state index in [0.29, 0.717) is 22.7 Å². The Morgan fingerprint density at radius 2 is 1.61 bits per heavy atom. The SMILES string of the molecule is Cc1ccc(C(=O)N(CCc2ccc(S(N)(=O)=O)cc2)C2CC(=O)N(c3ccc(Cl)cc3)C2=O)cc1. The fourth-order valence-corrected chi connectivity index (χ4v) is 4.72. The highest BCUT2D eigenvalue weighted by Gasteiger charge is 2.44. The lowest BCUT2D eigenvalue weighted by molar-refractivity contribution is -0.122. The molecule has 3 amide bonds. The fourth-order valence-electron chi connectivity index (χ4n) is 4.08. The molecule has 3 aromatic carbocycles. The molecule has 1 saturated heterocycles. The Bertz CT molecular complexity index is 1410. The number of carbonyl (C=O) groups excluding carboxylic acids is 3. The summed E-state index contributed by atoms with van der Waals surface area (Å²) in [4.78, 5) is 42.2. The fraction of sp³-hybridized carbons (Fsp3) is 0.192. The first-order valence-electron chi connectivity index (χ1n) is 11.2. The number of imide groups is 1. The molecule has 1 aliphatic heterocycles. The molecule has 0 bridgehead atoms. The number of sulfonamides is 1. The van der Waals surface area contributed by atoms with Crippen molar-refractivity contribution in [3.05, 3.63) is 94.5 Å². The van der Waals surface area contributed by atoms with E-state index in [9.17, 15) is 22.8 Å². The number of anilines is 1. The van der Waals surface area contributed by atoms with Gasteiger partial charge in [-0.05, 0) is 67.4 Å². The number of halogens is 1. The molecule has 36 heavy (non-hydrogen) atoms. The molecule has 1 aliphatic rings. The Labute approximate surface area is 214 Å². The van der Waals surface area contributed by atoms with Gasteiger partial charge >= 0.3 is 0 Å². The van der Waals surface area contributed by atoms with Crippen LogP contribution in [0.25, 0.3) is 0 Å². The molecular weight excluding hydrogens is 502 g/mol. The van der Waals surface area contributed by atoms with Gasteiger partial charge in [0, 0.05) is 17.1 Å². The van der Waals surface area contributed by atoms with E-state index >= 15 is 0 Å². The van der Waals surface area contributed by atoms with E-state index in [1.54, 1.807) is 60.7 Å². The minimum Gasteiger partial charge on any atom is -0.326 e. The summed E-state index contributed by atoms with van der Waals surface area (Å²) in [6, 6.07) is 18.3. The molecule has 0 aliphatic carbocycles. The summed E-state index contributed by atoms with van der Waals surface area (Å²) in [6.45, 7) is 2.04. The highest BCUT2D eigenvalue weighted by molar-refractivity contribution is 7.89. The van der Waals surface area contributed by atoms with Crippen LogP contribution in [0.15, 0.2) is 77.7 Å². The van der Waals surface area contributed by atoms with Gasteiger partial charge in [-0.3, -0.25) is 14.4 Å². The molecule has 10 heteroatoms. The maximum absolute atomic E-state index is 13.5. The number of primary sulfonamides is 1. The number of benzene rings is 3. The lowest BCUT2D eigenvalue weighted by Gasteiger charge is -2.28. The van der Waals surface area contributed by atoms with E-state index in [1.807, 2.05) is 6.92 Å². The van der Waals surface area contributed by atoms with Crippen LogP contribution in [0.2, 0.25) is 5.02 Å². The van der Waals surface area contributed by atoms with Crippen LogP contribution in [0.3, 0.4) is 0 Å². The van der Waals surface area contributed by atoms with E-state index < -0.39 is 27.9 Å². The lowest BCUT2D eigenvalue weighted by Crippen LogP contribution is -2.46. The van der Waals surface area contributed by atoms with Crippen molar-refractivity contribution in [1.29, 1.82) is 0 Å². The number of rotatable bonds is 7. The van der Waals surface area contributed by atoms with Crippen molar-refractivity contribution in [3.63, 3.8) is 0 Å². The van der Waals surface area contributed by atoms with Crippen molar-refractivity contribution in [3.8, 4) is 0 Å². The van der Waals surface area contributed by atoms with Crippen LogP contribution in [0.4, 0.5) is 5.69 Å². The number of nitrogens with two attached hydrogens (primary N) is 1. The third-order valence-electron chi connectivity index (χ3n) is 6.04. The van der Waals surface area contributed by atoms with Crippen LogP contribution in [0, 0.1) is 6.92 Å². The number of hydrogen-bond donors (Lipinski definition) is 1. The van der Waals surface area contributed by atoms with Crippen molar-refractivity contribution in [1.82, 2.24) is 4.90 Å². The summed E-state index contributed by atoms with van der Waals surface area (Å²) in [7, 11) is -3.83. The Hall–Kier alpha value is -3.53. The molecule has 1 atom stereocenters. The molecule has 8 nitrogen and oxygen atoms in total. The highest BCUT2D eigenvalue weighted by Crippen LogP contribution is 2.28. The number of nitrogens with zero attached hydrogens (tertiary/aromatic N) is 2. The Morgan fingerprint density at radius 1 is 1.00 bits per heavy atom. The van der Waals surface area contributed by atoms with Crippen molar-refractivity contribution in [2.45, 2.75) is 30.7 Å². The van der Waals surface area contributed by atoms with Gasteiger partial charge in [-0.1, -0.05) is 41.4 Å². The average molecular weight is 526 g/mol. The highest BCUT2D eigenvalue weighted by atomic mass is 35.5. The summed E-state index contributed by atoms with van der Waals surface area (Å²) in [5.41, 5.74) is 2.51. The van der Waals surface area contributed by atoms with Gasteiger partial charge in [0.15, 0.2) is 0 Å². The second kappa shape index (κ2) is 10.2. The standard InChI is InChI=1S/C26H24ClN3O5S/c1-17-2-6-19(7-3-17)25(32)29(15-14-18-4-12-22(13-5-18)36(28,34)35)23-16-24(31)30(26(23)33)21-10-8-20(27)9-11-21/h2-13,23H,14-16H2,1H3,(H2,28,34,35). The van der Waals surface area contributed by atoms with E-state index in [2.05, 4.69) is 0 Å². The van der Waals surface area contributed by atoms with E-state index in [0.717, 1.165) is 16.0 Å². The molecule has 2 N–H and O–H groups in total. The number of carbonyl (C=O) groups is 3. The van der Waals surface area contributed by atoms with E-state index in [1.165, 1.54) is 17.0 Å². The zero-order valence-electron chi connectivity index (χ0n) is 19.4. The van der Waals surface area contributed by atoms with Crippen LogP contribution in [0.5, 0.6) is 0 Å². The lowest BCUT2D eigenvalue weighted by atomic mass is 10.1. The molecular formula is C26H24ClN3O5S. The summed E-state index contributed by atoms with van der Waals surface area (Å²) < 4.78 is 23.1. The second-order valence-corrected chi connectivity index (χ2v) is 10.6. The first-order valence-corrected chi connectivity index (χ1v) is 13.1. The Balaban J connectivity index is 1.62. The first-order chi connectivity index (χ1) is 17.0. The van der Waals surface area contributed by atoms with E-state index in [4.69, 9.17) is 16.7 Å². The number of amides is 3. The number of aryl methyl sites for hydroxylation is 1. The minimum absolute atomic E-state index is 0.0194. The van der Waals surface area contributed by atoms with Gasteiger partial charge < -0.3 is 4.90 Å². The molecule has 1 heterocycles. The minimum atomic E-state index is -3.83. The molecule has 0 saturated carbocycles. The summed E-state index contributed by atoms with van der Waals surface area (Å²) >= 11 is 5.94. The third kappa shape index (κ3) is 5.48. The first kappa shape index (κ1) is 25.6. The zero-order chi connectivity index (χ0) is 26.0. The quantitative estimate of drug-likeness (QED) is 0.475. The maximum atomic E-state index is 13.5. The maximum Gasteiger partial charge on any atom is 0.257 e. The van der Waals surface area contributed by atoms with Gasteiger partial charge in [0.1, 0.15) is 6.04 Å². The smallest absolute Gasteiger partial charge is 0.257 e. The monoisotopic (exact) mass is 525 g/mol. The van der Waals surface area contributed by atoms with Gasteiger partial charge in [-0.15, -0.1) is 0 Å². The van der Waals surface area contributed by atoms with Gasteiger partial charge in [0.05, 0.1) is 17.0 Å². The summed E-state index contributed by atoms with van der Waals surface area (Å²) in [5.74, 6) is -1.28. The van der Waals surface area contributed by atoms with Gasteiger partial charge in [0.25, 0.3) is 11.8 Å². The molecule has 1 fully saturated rings. The van der Waals surface area contributed by atoms with Gasteiger partial charge in [-0.2, -0.15) is 0 Å². The molecule has 186 valence electrons. The zero-order valence-corrected chi connectivity index (χ0v) is 21.0. The Morgan fingerprint density at radius 3 is 2.19 bits per heavy atom. The molecule has 0 radical (unpaired) electrons. The Kier molecular flexibility index (Phi) is 7.26. The van der Waals surface area contributed by atoms with Crippen molar-refractivity contribution < 1.29 is 22.8 Å². The molecule has 4 rings (SSSR count). The topological polar surface area (TPSA) is 118 Å². The average Bonchev–Trinajstić information content (AvgIpc) is 3.13. The molecule has 3 aromatic rings. The second-order valence-electron chi connectivity index (χ2n) is 8.57. The predicted molar refractivity (Wildman–Crippen MR) is 136 cm³/mol. The van der Waals surface area contributed by atoms with Crippen LogP contribution in [-0.4, -0.2) is 43.6 Å². The van der Waals surface area contributed by atoms with Crippen LogP contribution >= 0.6 is 11.6 Å². The largest absolute Gasteiger partial charge is 0.326 e. The van der Waals surface area contributed by atoms with Crippen molar-refractivity contribution in [2.75, 3.05) is 11.4 Å². The van der Waals surface area contributed by atoms with Crippen LogP contribution < -0.4 is 10.0 Å². The predicted octanol–water partition coefficient (Wildman–Crippen LogP) is 3.31. The molecule has 0 spiro atoms. The van der Waals surface area contributed by atoms with Crippen molar-refractivity contribution in [2.24, 2.45) is 5.14 Å². The third-order valence-corrected chi connectivity index (χ3v) is 7.22. The van der Waals surface area contributed by atoms with Gasteiger partial charge in [0.2, 0.25) is 15.9 Å². The van der Waals surface area contributed by atoms with E-state index in [-0.39, 0.29) is 23.8 Å². The molecule has 0 aromatic heterocycles. The molecule has 1 unspecified atom stereocenters. The van der Waals surface area contributed by atoms with Crippen LogP contribution in [-0.2, 0) is 26.0 Å². The van der Waals surface area contributed by atoms with Crippen molar-refractivity contribution >= 4 is 45.0 Å². The van der Waals surface area contributed by atoms with Gasteiger partial charge in [-0.25, -0.2) is 18.5 Å². The normalized spacial score (nSPS) is 15.9. The summed E-state index contributed by atoms with van der Waals surface area (Å²) in [5, 5.41) is 5.63. The summed E-state index contributed by atoms with van der Waals surface area (Å²) in [6.07, 6.45) is 0.185. The van der Waals surface area contributed by atoms with Crippen LogP contribution in [0.1, 0.15) is 27.9 Å². The number of hydrogen-bond acceptors (Lipinski definition) is 5.